The monoisotopic (exact) mass is 76.1 g/mol. The molecule has 0 spiro atoms. The normalized spacial score (nSPS) is 6.83. The molecule has 6 heavy (non-hydrogen) atoms. The van der Waals surface area contributed by atoms with Gasteiger partial charge >= 0.3 is 46.7 Å². The third-order valence-corrected chi connectivity index (χ3v) is 0.390. The fourth-order valence-corrected chi connectivity index (χ4v) is 0.161. The van der Waals surface area contributed by atoms with Gasteiger partial charge in [0.2, 0.25) is 0 Å². The first kappa shape index (κ1) is 5.96. The maximum atomic E-state index is 4.74. The van der Waals surface area contributed by atoms with Gasteiger partial charge in [-0.05, 0) is 0 Å². The van der Waals surface area contributed by atoms with Gasteiger partial charge in [0.05, 0.1) is 0 Å². The summed E-state index contributed by atoms with van der Waals surface area (Å²) < 4.78 is 4.51. The van der Waals surface area contributed by atoms with Gasteiger partial charge < -0.3 is 0 Å². The molecule has 28 valence electrons. The Bertz CT molecular complexity index is 55.1. The van der Waals surface area contributed by atoms with Crippen LogP contribution in [0.1, 0.15) is 0 Å². The van der Waals surface area contributed by atoms with Crippen LogP contribution in [-0.2, 0) is 4.74 Å². The van der Waals surface area contributed by atoms with E-state index in [4.69, 9.17) is 6.42 Å². The van der Waals surface area contributed by atoms with Crippen molar-refractivity contribution in [2.75, 3.05) is 6.61 Å². The molecular formula is C4H5LiO. The molecule has 0 aliphatic rings. The van der Waals surface area contributed by atoms with E-state index in [9.17, 15) is 0 Å². The molecule has 0 N–H and O–H groups in total. The van der Waals surface area contributed by atoms with Gasteiger partial charge in [-0.15, -0.1) is 0 Å². The molecule has 1 nitrogen and oxygen atoms in total. The number of rotatable bonds is 2. The standard InChI is InChI=1S/C4H5O.Li/c1-3-5-4-2;/h1H,2,4H2;. The van der Waals surface area contributed by atoms with Crippen molar-refractivity contribution in [2.24, 2.45) is 0 Å². The average molecular weight is 76.0 g/mol. The number of hydrogen-bond acceptors (Lipinski definition) is 1. The Morgan fingerprint density at radius 1 is 1.83 bits per heavy atom. The molecular weight excluding hydrogens is 71.0 g/mol. The van der Waals surface area contributed by atoms with Gasteiger partial charge in [0.25, 0.3) is 0 Å². The van der Waals surface area contributed by atoms with Crippen molar-refractivity contribution >= 4 is 17.7 Å². The van der Waals surface area contributed by atoms with E-state index in [0.29, 0.717) is 6.61 Å². The topological polar surface area (TPSA) is 9.23 Å². The van der Waals surface area contributed by atoms with E-state index in [1.807, 2.05) is 17.7 Å². The second-order valence-electron chi connectivity index (χ2n) is 0.966. The summed E-state index contributed by atoms with van der Waals surface area (Å²) in [5.74, 6) is 0. The van der Waals surface area contributed by atoms with E-state index in [2.05, 4.69) is 10.8 Å². The molecule has 2 heteroatoms. The fraction of sp³-hybridized carbons (Fsp3) is 0.500. The van der Waals surface area contributed by atoms with E-state index >= 15 is 0 Å². The van der Waals surface area contributed by atoms with E-state index in [1.165, 1.54) is 0 Å². The van der Waals surface area contributed by atoms with Crippen LogP contribution in [0.3, 0.4) is 0 Å². The summed E-state index contributed by atoms with van der Waals surface area (Å²) >= 11 is 2.01. The van der Waals surface area contributed by atoms with E-state index < -0.39 is 0 Å². The Labute approximate surface area is 47.3 Å². The Hall–Kier alpha value is -0.0426. The molecule has 0 aliphatic heterocycles. The zero-order valence-electron chi connectivity index (χ0n) is 3.90. The Morgan fingerprint density at radius 2 is 2.50 bits per heavy atom. The van der Waals surface area contributed by atoms with Crippen molar-refractivity contribution < 1.29 is 4.74 Å². The second-order valence-corrected chi connectivity index (χ2v) is 0.966. The van der Waals surface area contributed by atoms with Crippen molar-refractivity contribution in [3.8, 4) is 12.5 Å². The minimum absolute atomic E-state index is 0.677. The molecule has 0 bridgehead atoms. The van der Waals surface area contributed by atoms with E-state index in [-0.39, 0.29) is 0 Å². The molecule has 0 rings (SSSR count). The Kier molecular flexibility index (Phi) is 4.92. The zero-order chi connectivity index (χ0) is 4.83. The molecule has 0 heterocycles. The second kappa shape index (κ2) is 4.96. The zero-order valence-corrected chi connectivity index (χ0v) is 3.90. The van der Waals surface area contributed by atoms with Crippen LogP contribution < -0.4 is 0 Å². The van der Waals surface area contributed by atoms with Gasteiger partial charge in [-0.25, -0.2) is 0 Å². The summed E-state index contributed by atoms with van der Waals surface area (Å²) in [6, 6.07) is 0. The third-order valence-electron chi connectivity index (χ3n) is 0.390. The van der Waals surface area contributed by atoms with Crippen molar-refractivity contribution in [3.63, 3.8) is 0 Å². The van der Waals surface area contributed by atoms with Crippen LogP contribution in [0.4, 0.5) is 0 Å². The van der Waals surface area contributed by atoms with Crippen molar-refractivity contribution in [1.29, 1.82) is 0 Å². The SMILES string of the molecule is [Li][CH2]COC#C. The van der Waals surface area contributed by atoms with E-state index in [1.54, 1.807) is 0 Å². The molecule has 0 aromatic heterocycles. The van der Waals surface area contributed by atoms with Crippen LogP contribution in [0.25, 0.3) is 0 Å². The van der Waals surface area contributed by atoms with Crippen molar-refractivity contribution in [3.05, 3.63) is 0 Å². The first-order chi connectivity index (χ1) is 2.91. The van der Waals surface area contributed by atoms with Crippen LogP contribution in [-0.4, -0.2) is 24.3 Å². The van der Waals surface area contributed by atoms with Crippen LogP contribution in [0.2, 0.25) is 5.09 Å². The van der Waals surface area contributed by atoms with Gasteiger partial charge in [0.15, 0.2) is 0 Å². The quantitative estimate of drug-likeness (QED) is 0.259. The van der Waals surface area contributed by atoms with Crippen molar-refractivity contribution in [1.82, 2.24) is 0 Å². The summed E-state index contributed by atoms with van der Waals surface area (Å²) in [5, 5.41) is 0.990. The van der Waals surface area contributed by atoms with Crippen LogP contribution in [0.5, 0.6) is 0 Å². The average Bonchev–Trinajstić information content (AvgIpc) is 1.61. The van der Waals surface area contributed by atoms with Gasteiger partial charge in [-0.1, -0.05) is 0 Å². The third kappa shape index (κ3) is 3.96. The minimum atomic E-state index is 0.677. The number of ether oxygens (including phenoxy) is 1. The van der Waals surface area contributed by atoms with Gasteiger partial charge in [-0.3, -0.25) is 0 Å². The molecule has 0 unspecified atom stereocenters. The molecule has 0 saturated heterocycles. The summed E-state index contributed by atoms with van der Waals surface area (Å²) in [6.45, 7) is 0.677. The van der Waals surface area contributed by atoms with Crippen LogP contribution >= 0.6 is 0 Å². The fourth-order valence-electron chi connectivity index (χ4n) is 0.161. The summed E-state index contributed by atoms with van der Waals surface area (Å²) in [6.07, 6.45) is 6.81. The predicted octanol–water partition coefficient (Wildman–Crippen LogP) is 0.180. The molecule has 0 fully saturated rings. The first-order valence-electron chi connectivity index (χ1n) is 1.99. The Morgan fingerprint density at radius 3 is 2.67 bits per heavy atom. The molecule has 0 radical (unpaired) electrons. The number of hydrogen-bond donors (Lipinski definition) is 0. The molecule has 0 atom stereocenters. The van der Waals surface area contributed by atoms with Crippen LogP contribution in [0, 0.1) is 12.5 Å². The van der Waals surface area contributed by atoms with Gasteiger partial charge in [0, 0.05) is 0 Å². The molecule has 0 aromatic rings. The molecule has 0 amide bonds. The predicted molar refractivity (Wildman–Crippen MR) is 25.3 cm³/mol. The summed E-state index contributed by atoms with van der Waals surface area (Å²) in [4.78, 5) is 0. The van der Waals surface area contributed by atoms with Crippen LogP contribution in [0.15, 0.2) is 0 Å². The number of terminal acetylenes is 1. The Balaban J connectivity index is 2.54. The van der Waals surface area contributed by atoms with Gasteiger partial charge in [-0.2, -0.15) is 0 Å². The first-order valence-corrected chi connectivity index (χ1v) is 1.99. The van der Waals surface area contributed by atoms with Crippen molar-refractivity contribution in [2.45, 2.75) is 5.09 Å². The summed E-state index contributed by atoms with van der Waals surface area (Å²) in [5.41, 5.74) is 0. The van der Waals surface area contributed by atoms with E-state index in [0.717, 1.165) is 5.09 Å². The molecule has 0 saturated carbocycles. The molecule has 0 aromatic carbocycles. The van der Waals surface area contributed by atoms with Gasteiger partial charge in [0.1, 0.15) is 0 Å². The summed E-state index contributed by atoms with van der Waals surface area (Å²) in [7, 11) is 0. The maximum absolute atomic E-state index is 4.74. The molecule has 0 aliphatic carbocycles.